The van der Waals surface area contributed by atoms with Crippen LogP contribution in [0.15, 0.2) is 0 Å². The maximum absolute atomic E-state index is 12.2. The van der Waals surface area contributed by atoms with E-state index in [9.17, 15) is 4.79 Å². The van der Waals surface area contributed by atoms with Crippen molar-refractivity contribution in [3.63, 3.8) is 0 Å². The molecular weight excluding hydrogens is 240 g/mol. The van der Waals surface area contributed by atoms with Crippen molar-refractivity contribution in [3.8, 4) is 0 Å². The number of hydrogen-bond donors (Lipinski definition) is 1. The molecule has 0 spiro atoms. The lowest BCUT2D eigenvalue weighted by Gasteiger charge is -2.38. The highest BCUT2D eigenvalue weighted by Crippen LogP contribution is 2.33. The van der Waals surface area contributed by atoms with Crippen molar-refractivity contribution in [2.24, 2.45) is 17.6 Å². The van der Waals surface area contributed by atoms with Gasteiger partial charge in [-0.25, -0.2) is 0 Å². The lowest BCUT2D eigenvalue weighted by molar-refractivity contribution is -0.136. The summed E-state index contributed by atoms with van der Waals surface area (Å²) in [4.78, 5) is 14.2. The third-order valence-corrected chi connectivity index (χ3v) is 4.69. The molecule has 0 aromatic heterocycles. The summed E-state index contributed by atoms with van der Waals surface area (Å²) >= 11 is 0. The number of ether oxygens (including phenoxy) is 1. The summed E-state index contributed by atoms with van der Waals surface area (Å²) in [6.07, 6.45) is 5.38. The second-order valence-electron chi connectivity index (χ2n) is 6.20. The number of carbonyl (C=O) groups is 1. The van der Waals surface area contributed by atoms with Gasteiger partial charge in [-0.15, -0.1) is 0 Å². The van der Waals surface area contributed by atoms with Gasteiger partial charge in [-0.05, 0) is 51.4 Å². The predicted molar refractivity (Wildman–Crippen MR) is 75.7 cm³/mol. The standard InChI is InChI=1S/C15H28N2O2/c1-3-19-14-8-12(9-14)10-15(18)17-6-4-13(5-7-17)11(2)16/h11-14H,3-10,16H2,1-2H3. The van der Waals surface area contributed by atoms with Crippen molar-refractivity contribution in [2.75, 3.05) is 19.7 Å². The zero-order valence-electron chi connectivity index (χ0n) is 12.3. The monoisotopic (exact) mass is 268 g/mol. The molecule has 4 heteroatoms. The molecule has 1 amide bonds. The Balaban J connectivity index is 1.65. The summed E-state index contributed by atoms with van der Waals surface area (Å²) in [5.74, 6) is 1.48. The first-order chi connectivity index (χ1) is 9.10. The summed E-state index contributed by atoms with van der Waals surface area (Å²) in [5, 5.41) is 0. The average Bonchev–Trinajstić information content (AvgIpc) is 2.36. The highest BCUT2D eigenvalue weighted by molar-refractivity contribution is 5.76. The Bertz CT molecular complexity index is 293. The first kappa shape index (κ1) is 14.8. The zero-order chi connectivity index (χ0) is 13.8. The highest BCUT2D eigenvalue weighted by Gasteiger charge is 2.33. The molecule has 2 aliphatic rings. The molecule has 0 radical (unpaired) electrons. The number of rotatable bonds is 5. The maximum Gasteiger partial charge on any atom is 0.222 e. The topological polar surface area (TPSA) is 55.6 Å². The van der Waals surface area contributed by atoms with E-state index in [1.165, 1.54) is 0 Å². The Morgan fingerprint density at radius 2 is 2.00 bits per heavy atom. The fourth-order valence-electron chi connectivity index (χ4n) is 3.26. The Morgan fingerprint density at radius 1 is 1.37 bits per heavy atom. The van der Waals surface area contributed by atoms with E-state index < -0.39 is 0 Å². The van der Waals surface area contributed by atoms with Gasteiger partial charge in [0, 0.05) is 32.2 Å². The van der Waals surface area contributed by atoms with Crippen LogP contribution in [-0.4, -0.2) is 42.6 Å². The minimum absolute atomic E-state index is 0.260. The van der Waals surface area contributed by atoms with E-state index in [-0.39, 0.29) is 6.04 Å². The van der Waals surface area contributed by atoms with E-state index in [2.05, 4.69) is 6.92 Å². The molecule has 2 rings (SSSR count). The molecule has 0 bridgehead atoms. The summed E-state index contributed by atoms with van der Waals surface area (Å²) in [7, 11) is 0. The van der Waals surface area contributed by atoms with Crippen LogP contribution >= 0.6 is 0 Å². The van der Waals surface area contributed by atoms with Gasteiger partial charge in [0.15, 0.2) is 0 Å². The molecule has 1 saturated carbocycles. The molecule has 1 aliphatic carbocycles. The molecule has 1 aliphatic heterocycles. The van der Waals surface area contributed by atoms with Gasteiger partial charge in [0.05, 0.1) is 6.10 Å². The predicted octanol–water partition coefficient (Wildman–Crippen LogP) is 1.78. The summed E-state index contributed by atoms with van der Waals surface area (Å²) in [5.41, 5.74) is 5.93. The third kappa shape index (κ3) is 3.93. The van der Waals surface area contributed by atoms with E-state index in [0.717, 1.165) is 45.4 Å². The van der Waals surface area contributed by atoms with Crippen LogP contribution in [0.1, 0.15) is 46.0 Å². The van der Waals surface area contributed by atoms with Crippen LogP contribution in [0.4, 0.5) is 0 Å². The SMILES string of the molecule is CCOC1CC(CC(=O)N2CCC(C(C)N)CC2)C1. The minimum Gasteiger partial charge on any atom is -0.378 e. The Kier molecular flexibility index (Phi) is 5.22. The lowest BCUT2D eigenvalue weighted by atomic mass is 9.79. The molecule has 0 aromatic rings. The van der Waals surface area contributed by atoms with Gasteiger partial charge in [0.2, 0.25) is 5.91 Å². The molecule has 1 saturated heterocycles. The number of nitrogens with two attached hydrogens (primary N) is 1. The molecule has 2 N–H and O–H groups in total. The van der Waals surface area contributed by atoms with Gasteiger partial charge in [-0.2, -0.15) is 0 Å². The molecule has 4 nitrogen and oxygen atoms in total. The molecule has 19 heavy (non-hydrogen) atoms. The van der Waals surface area contributed by atoms with Crippen LogP contribution in [0, 0.1) is 11.8 Å². The molecule has 2 fully saturated rings. The second-order valence-corrected chi connectivity index (χ2v) is 6.20. The number of nitrogens with zero attached hydrogens (tertiary/aromatic N) is 1. The largest absolute Gasteiger partial charge is 0.378 e. The van der Waals surface area contributed by atoms with Crippen LogP contribution in [0.25, 0.3) is 0 Å². The van der Waals surface area contributed by atoms with Gasteiger partial charge < -0.3 is 15.4 Å². The van der Waals surface area contributed by atoms with Crippen LogP contribution in [0.2, 0.25) is 0 Å². The molecule has 1 unspecified atom stereocenters. The zero-order valence-corrected chi connectivity index (χ0v) is 12.3. The summed E-state index contributed by atoms with van der Waals surface area (Å²) in [6.45, 7) is 6.68. The fraction of sp³-hybridized carbons (Fsp3) is 0.933. The number of piperidine rings is 1. The van der Waals surface area contributed by atoms with Crippen LogP contribution in [-0.2, 0) is 9.53 Å². The Morgan fingerprint density at radius 3 is 2.53 bits per heavy atom. The summed E-state index contributed by atoms with van der Waals surface area (Å²) < 4.78 is 5.54. The van der Waals surface area contributed by atoms with E-state index in [1.807, 2.05) is 11.8 Å². The molecule has 1 heterocycles. The number of hydrogen-bond acceptors (Lipinski definition) is 3. The Labute approximate surface area is 116 Å². The molecule has 0 aromatic carbocycles. The second kappa shape index (κ2) is 6.71. The van der Waals surface area contributed by atoms with Crippen LogP contribution in [0.3, 0.4) is 0 Å². The fourth-order valence-corrected chi connectivity index (χ4v) is 3.26. The van der Waals surface area contributed by atoms with Crippen molar-refractivity contribution in [1.82, 2.24) is 4.90 Å². The van der Waals surface area contributed by atoms with E-state index in [0.29, 0.717) is 30.3 Å². The van der Waals surface area contributed by atoms with E-state index in [4.69, 9.17) is 10.5 Å². The van der Waals surface area contributed by atoms with Gasteiger partial charge in [0.1, 0.15) is 0 Å². The van der Waals surface area contributed by atoms with Crippen molar-refractivity contribution in [1.29, 1.82) is 0 Å². The van der Waals surface area contributed by atoms with Gasteiger partial charge in [-0.1, -0.05) is 0 Å². The lowest BCUT2D eigenvalue weighted by Crippen LogP contribution is -2.44. The number of amides is 1. The van der Waals surface area contributed by atoms with Crippen molar-refractivity contribution in [2.45, 2.75) is 58.1 Å². The van der Waals surface area contributed by atoms with Crippen molar-refractivity contribution >= 4 is 5.91 Å². The first-order valence-electron chi connectivity index (χ1n) is 7.75. The van der Waals surface area contributed by atoms with Crippen LogP contribution < -0.4 is 5.73 Å². The highest BCUT2D eigenvalue weighted by atomic mass is 16.5. The first-order valence-corrected chi connectivity index (χ1v) is 7.75. The molecule has 1 atom stereocenters. The minimum atomic E-state index is 0.260. The van der Waals surface area contributed by atoms with E-state index in [1.54, 1.807) is 0 Å². The van der Waals surface area contributed by atoms with Crippen molar-refractivity contribution < 1.29 is 9.53 Å². The van der Waals surface area contributed by atoms with Gasteiger partial charge >= 0.3 is 0 Å². The molecule has 110 valence electrons. The number of likely N-dealkylation sites (tertiary alicyclic amines) is 1. The van der Waals surface area contributed by atoms with E-state index >= 15 is 0 Å². The summed E-state index contributed by atoms with van der Waals surface area (Å²) in [6, 6.07) is 0.260. The van der Waals surface area contributed by atoms with Crippen molar-refractivity contribution in [3.05, 3.63) is 0 Å². The Hall–Kier alpha value is -0.610. The molecular formula is C15H28N2O2. The average molecular weight is 268 g/mol. The number of carbonyl (C=O) groups excluding carboxylic acids is 1. The van der Waals surface area contributed by atoms with Gasteiger partial charge in [-0.3, -0.25) is 4.79 Å². The smallest absolute Gasteiger partial charge is 0.222 e. The van der Waals surface area contributed by atoms with Gasteiger partial charge in [0.25, 0.3) is 0 Å². The quantitative estimate of drug-likeness (QED) is 0.827. The third-order valence-electron chi connectivity index (χ3n) is 4.69. The van der Waals surface area contributed by atoms with Crippen LogP contribution in [0.5, 0.6) is 0 Å². The normalized spacial score (nSPS) is 29.9. The maximum atomic E-state index is 12.2.